The van der Waals surface area contributed by atoms with Crippen molar-refractivity contribution < 1.29 is 39.6 Å². The van der Waals surface area contributed by atoms with Gasteiger partial charge in [-0.05, 0) is 24.7 Å². The van der Waals surface area contributed by atoms with E-state index >= 15 is 0 Å². The SMILES string of the molecule is CCCC.CCCC(CCC)(CC(=O)O)CC(=O)O.O=C(O)CCCC(=O)O. The summed E-state index contributed by atoms with van der Waals surface area (Å²) in [4.78, 5) is 41.1. The average Bonchev–Trinajstić information content (AvgIpc) is 2.54. The molecule has 8 nitrogen and oxygen atoms in total. The smallest absolute Gasteiger partial charge is 0.303 e. The maximum atomic E-state index is 10.8. The standard InChI is InChI=1S/C11H20O4.C5H8O4.C4H10/c1-3-5-11(6-4-2,7-9(12)13)8-10(14)15;6-4(7)2-1-3-5(8)9;1-3-4-2/h3-8H2,1-2H3,(H,12,13)(H,14,15);1-3H2,(H,6,7)(H,8,9);3-4H2,1-2H3. The topological polar surface area (TPSA) is 149 Å². The molecular formula is C20H38O8. The Morgan fingerprint density at radius 2 is 0.893 bits per heavy atom. The number of carboxylic acid groups (broad SMARTS) is 4. The molecule has 0 aliphatic heterocycles. The van der Waals surface area contributed by atoms with Gasteiger partial charge in [0, 0.05) is 12.8 Å². The molecule has 0 aliphatic carbocycles. The molecule has 0 radical (unpaired) electrons. The Labute approximate surface area is 168 Å². The first kappa shape index (κ1) is 30.6. The zero-order chi connectivity index (χ0) is 22.6. The Morgan fingerprint density at radius 3 is 1.07 bits per heavy atom. The molecule has 0 aromatic heterocycles. The third-order valence-electron chi connectivity index (χ3n) is 3.89. The second-order valence-corrected chi connectivity index (χ2v) is 6.78. The van der Waals surface area contributed by atoms with E-state index in [4.69, 9.17) is 20.4 Å². The zero-order valence-electron chi connectivity index (χ0n) is 17.7. The number of aliphatic carboxylic acids is 4. The molecular weight excluding hydrogens is 368 g/mol. The summed E-state index contributed by atoms with van der Waals surface area (Å²) in [7, 11) is 0. The highest BCUT2D eigenvalue weighted by Crippen LogP contribution is 2.37. The lowest BCUT2D eigenvalue weighted by molar-refractivity contribution is -0.145. The minimum Gasteiger partial charge on any atom is -0.481 e. The van der Waals surface area contributed by atoms with Gasteiger partial charge >= 0.3 is 23.9 Å². The Morgan fingerprint density at radius 1 is 0.571 bits per heavy atom. The van der Waals surface area contributed by atoms with Gasteiger partial charge in [0.1, 0.15) is 0 Å². The molecule has 0 unspecified atom stereocenters. The van der Waals surface area contributed by atoms with Gasteiger partial charge in [-0.15, -0.1) is 0 Å². The Bertz CT molecular complexity index is 405. The molecule has 0 saturated carbocycles. The van der Waals surface area contributed by atoms with Crippen LogP contribution in [0.5, 0.6) is 0 Å². The normalized spacial score (nSPS) is 10.0. The van der Waals surface area contributed by atoms with Crippen LogP contribution in [0.25, 0.3) is 0 Å². The van der Waals surface area contributed by atoms with Crippen LogP contribution in [0.3, 0.4) is 0 Å². The van der Waals surface area contributed by atoms with Crippen molar-refractivity contribution in [1.29, 1.82) is 0 Å². The number of hydrogen-bond acceptors (Lipinski definition) is 4. The van der Waals surface area contributed by atoms with Gasteiger partial charge in [-0.3, -0.25) is 19.2 Å². The minimum absolute atomic E-state index is 0.0407. The molecule has 166 valence electrons. The summed E-state index contributed by atoms with van der Waals surface area (Å²) in [5.41, 5.74) is -0.554. The van der Waals surface area contributed by atoms with E-state index in [1.165, 1.54) is 12.8 Å². The quantitative estimate of drug-likeness (QED) is 0.345. The van der Waals surface area contributed by atoms with Crippen LogP contribution in [-0.4, -0.2) is 44.3 Å². The number of rotatable bonds is 13. The molecule has 0 rings (SSSR count). The lowest BCUT2D eigenvalue weighted by atomic mass is 9.74. The van der Waals surface area contributed by atoms with E-state index in [-0.39, 0.29) is 32.1 Å². The molecule has 0 heterocycles. The van der Waals surface area contributed by atoms with Crippen molar-refractivity contribution in [1.82, 2.24) is 0 Å². The molecule has 0 atom stereocenters. The highest BCUT2D eigenvalue weighted by atomic mass is 16.4. The summed E-state index contributed by atoms with van der Waals surface area (Å²) in [5.74, 6) is -3.70. The Hall–Kier alpha value is -2.12. The van der Waals surface area contributed by atoms with Crippen LogP contribution in [0.1, 0.15) is 98.3 Å². The van der Waals surface area contributed by atoms with E-state index < -0.39 is 29.3 Å². The maximum Gasteiger partial charge on any atom is 0.303 e. The van der Waals surface area contributed by atoms with Crippen molar-refractivity contribution in [2.24, 2.45) is 5.41 Å². The molecule has 0 aromatic rings. The van der Waals surface area contributed by atoms with E-state index in [2.05, 4.69) is 13.8 Å². The molecule has 0 bridgehead atoms. The molecule has 0 saturated heterocycles. The average molecular weight is 407 g/mol. The minimum atomic E-state index is -0.948. The van der Waals surface area contributed by atoms with Gasteiger partial charge in [0.2, 0.25) is 0 Å². The zero-order valence-corrected chi connectivity index (χ0v) is 17.7. The number of hydrogen-bond donors (Lipinski definition) is 4. The van der Waals surface area contributed by atoms with Crippen molar-refractivity contribution in [3.8, 4) is 0 Å². The second-order valence-electron chi connectivity index (χ2n) is 6.78. The second kappa shape index (κ2) is 19.6. The van der Waals surface area contributed by atoms with E-state index in [1.807, 2.05) is 13.8 Å². The largest absolute Gasteiger partial charge is 0.481 e. The summed E-state index contributed by atoms with van der Waals surface area (Å²) in [6, 6.07) is 0. The molecule has 0 aliphatic rings. The summed E-state index contributed by atoms with van der Waals surface area (Å²) >= 11 is 0. The summed E-state index contributed by atoms with van der Waals surface area (Å²) in [6.07, 6.45) is 5.62. The van der Waals surface area contributed by atoms with Crippen molar-refractivity contribution in [2.75, 3.05) is 0 Å². The highest BCUT2D eigenvalue weighted by molar-refractivity contribution is 5.72. The van der Waals surface area contributed by atoms with E-state index in [0.29, 0.717) is 12.8 Å². The van der Waals surface area contributed by atoms with Crippen LogP contribution in [-0.2, 0) is 19.2 Å². The van der Waals surface area contributed by atoms with Crippen LogP contribution >= 0.6 is 0 Å². The fourth-order valence-corrected chi connectivity index (χ4v) is 2.63. The van der Waals surface area contributed by atoms with Crippen LogP contribution in [0.2, 0.25) is 0 Å². The molecule has 0 aromatic carbocycles. The fourth-order valence-electron chi connectivity index (χ4n) is 2.63. The molecule has 4 N–H and O–H groups in total. The van der Waals surface area contributed by atoms with E-state index in [1.54, 1.807) is 0 Å². The molecule has 0 amide bonds. The number of unbranched alkanes of at least 4 members (excludes halogenated alkanes) is 1. The van der Waals surface area contributed by atoms with E-state index in [0.717, 1.165) is 12.8 Å². The number of carbonyl (C=O) groups is 4. The van der Waals surface area contributed by atoms with Crippen molar-refractivity contribution in [3.05, 3.63) is 0 Å². The first-order valence-corrected chi connectivity index (χ1v) is 9.87. The van der Waals surface area contributed by atoms with Crippen LogP contribution in [0.15, 0.2) is 0 Å². The summed E-state index contributed by atoms with van der Waals surface area (Å²) < 4.78 is 0. The van der Waals surface area contributed by atoms with Gasteiger partial charge in [-0.1, -0.05) is 53.4 Å². The lowest BCUT2D eigenvalue weighted by Crippen LogP contribution is -2.27. The Balaban J connectivity index is -0.000000406. The van der Waals surface area contributed by atoms with Gasteiger partial charge in [0.15, 0.2) is 0 Å². The van der Waals surface area contributed by atoms with Gasteiger partial charge < -0.3 is 20.4 Å². The summed E-state index contributed by atoms with van der Waals surface area (Å²) in [5, 5.41) is 33.7. The molecule has 0 fully saturated rings. The van der Waals surface area contributed by atoms with Crippen molar-refractivity contribution in [2.45, 2.75) is 98.3 Å². The van der Waals surface area contributed by atoms with Crippen molar-refractivity contribution in [3.63, 3.8) is 0 Å². The fraction of sp³-hybridized carbons (Fsp3) is 0.800. The molecule has 0 spiro atoms. The van der Waals surface area contributed by atoms with Gasteiger partial charge in [0.25, 0.3) is 0 Å². The predicted octanol–water partition coefficient (Wildman–Crippen LogP) is 4.65. The first-order chi connectivity index (χ1) is 13.0. The molecule has 8 heteroatoms. The third-order valence-corrected chi connectivity index (χ3v) is 3.89. The highest BCUT2D eigenvalue weighted by Gasteiger charge is 2.33. The van der Waals surface area contributed by atoms with Crippen LogP contribution in [0.4, 0.5) is 0 Å². The predicted molar refractivity (Wildman–Crippen MR) is 106 cm³/mol. The van der Waals surface area contributed by atoms with Gasteiger partial charge in [0.05, 0.1) is 12.8 Å². The maximum absolute atomic E-state index is 10.8. The third kappa shape index (κ3) is 23.9. The van der Waals surface area contributed by atoms with Gasteiger partial charge in [-0.2, -0.15) is 0 Å². The first-order valence-electron chi connectivity index (χ1n) is 9.87. The van der Waals surface area contributed by atoms with Crippen LogP contribution < -0.4 is 0 Å². The molecule has 28 heavy (non-hydrogen) atoms. The Kier molecular flexibility index (Phi) is 21.5. The summed E-state index contributed by atoms with van der Waals surface area (Å²) in [6.45, 7) is 8.27. The number of carboxylic acids is 4. The van der Waals surface area contributed by atoms with Crippen LogP contribution in [0, 0.1) is 5.41 Å². The monoisotopic (exact) mass is 406 g/mol. The van der Waals surface area contributed by atoms with Gasteiger partial charge in [-0.25, -0.2) is 0 Å². The lowest BCUT2D eigenvalue weighted by Gasteiger charge is -2.30. The van der Waals surface area contributed by atoms with E-state index in [9.17, 15) is 19.2 Å². The van der Waals surface area contributed by atoms with Crippen molar-refractivity contribution >= 4 is 23.9 Å².